The number of anilines is 1. The second-order valence-corrected chi connectivity index (χ2v) is 5.13. The van der Waals surface area contributed by atoms with E-state index in [1.54, 1.807) is 0 Å². The van der Waals surface area contributed by atoms with Gasteiger partial charge in [-0.05, 0) is 29.2 Å². The number of rotatable bonds is 5. The van der Waals surface area contributed by atoms with E-state index in [9.17, 15) is 0 Å². The zero-order valence-corrected chi connectivity index (χ0v) is 11.5. The number of benzene rings is 2. The van der Waals surface area contributed by atoms with E-state index in [0.717, 1.165) is 11.3 Å². The van der Waals surface area contributed by atoms with Crippen molar-refractivity contribution in [2.75, 3.05) is 5.32 Å². The van der Waals surface area contributed by atoms with Crippen LogP contribution in [0.5, 0.6) is 0 Å². The topological polar surface area (TPSA) is 32.3 Å². The van der Waals surface area contributed by atoms with Gasteiger partial charge in [0.25, 0.3) is 0 Å². The van der Waals surface area contributed by atoms with E-state index in [0.29, 0.717) is 12.0 Å². The zero-order chi connectivity index (χ0) is 13.7. The molecular formula is C17H21NO. The number of aliphatic hydroxyl groups excluding tert-OH is 1. The molecule has 0 fully saturated rings. The Balaban J connectivity index is 2.17. The molecule has 2 aromatic carbocycles. The molecule has 2 nitrogen and oxygen atoms in total. The maximum absolute atomic E-state index is 9.06. The average Bonchev–Trinajstić information content (AvgIpc) is 2.46. The van der Waals surface area contributed by atoms with Crippen LogP contribution in [-0.4, -0.2) is 5.11 Å². The first-order valence-electron chi connectivity index (χ1n) is 6.72. The highest BCUT2D eigenvalue weighted by Gasteiger charge is 2.14. The molecule has 2 N–H and O–H groups in total. The van der Waals surface area contributed by atoms with Crippen molar-refractivity contribution in [1.82, 2.24) is 0 Å². The maximum Gasteiger partial charge on any atom is 0.0681 e. The summed E-state index contributed by atoms with van der Waals surface area (Å²) < 4.78 is 0. The normalized spacial score (nSPS) is 12.4. The predicted molar refractivity (Wildman–Crippen MR) is 80.0 cm³/mol. The first-order valence-corrected chi connectivity index (χ1v) is 6.72. The van der Waals surface area contributed by atoms with Crippen molar-refractivity contribution < 1.29 is 5.11 Å². The first-order chi connectivity index (χ1) is 9.20. The fraction of sp³-hybridized carbons (Fsp3) is 0.294. The van der Waals surface area contributed by atoms with Crippen LogP contribution in [0.4, 0.5) is 5.69 Å². The molecule has 0 aliphatic heterocycles. The molecule has 1 unspecified atom stereocenters. The zero-order valence-electron chi connectivity index (χ0n) is 11.5. The third kappa shape index (κ3) is 3.58. The highest BCUT2D eigenvalue weighted by molar-refractivity contribution is 5.47. The minimum atomic E-state index is 0.0899. The van der Waals surface area contributed by atoms with Crippen molar-refractivity contribution >= 4 is 5.69 Å². The van der Waals surface area contributed by atoms with Gasteiger partial charge in [-0.2, -0.15) is 0 Å². The fourth-order valence-corrected chi connectivity index (χ4v) is 2.18. The van der Waals surface area contributed by atoms with Gasteiger partial charge in [0.15, 0.2) is 0 Å². The number of hydrogen-bond donors (Lipinski definition) is 2. The van der Waals surface area contributed by atoms with Gasteiger partial charge in [0.05, 0.1) is 12.6 Å². The van der Waals surface area contributed by atoms with Gasteiger partial charge in [0.1, 0.15) is 0 Å². The second-order valence-electron chi connectivity index (χ2n) is 5.13. The molecular weight excluding hydrogens is 234 g/mol. The molecule has 0 aliphatic rings. The van der Waals surface area contributed by atoms with Gasteiger partial charge in [-0.15, -0.1) is 0 Å². The van der Waals surface area contributed by atoms with Gasteiger partial charge in [0.2, 0.25) is 0 Å². The summed E-state index contributed by atoms with van der Waals surface area (Å²) in [4.78, 5) is 0. The monoisotopic (exact) mass is 255 g/mol. The number of nitrogens with one attached hydrogen (secondary N) is 1. The Morgan fingerprint density at radius 1 is 0.947 bits per heavy atom. The molecule has 0 saturated carbocycles. The molecule has 0 saturated heterocycles. The smallest absolute Gasteiger partial charge is 0.0681 e. The minimum absolute atomic E-state index is 0.0899. The summed E-state index contributed by atoms with van der Waals surface area (Å²) in [6.07, 6.45) is 0. The molecule has 0 bridgehead atoms. The molecule has 0 spiro atoms. The molecule has 0 aromatic heterocycles. The van der Waals surface area contributed by atoms with Gasteiger partial charge in [0, 0.05) is 5.69 Å². The van der Waals surface area contributed by atoms with Gasteiger partial charge in [-0.3, -0.25) is 0 Å². The van der Waals surface area contributed by atoms with Crippen molar-refractivity contribution in [2.45, 2.75) is 26.5 Å². The molecule has 19 heavy (non-hydrogen) atoms. The quantitative estimate of drug-likeness (QED) is 0.846. The van der Waals surface area contributed by atoms with E-state index in [4.69, 9.17) is 5.11 Å². The summed E-state index contributed by atoms with van der Waals surface area (Å²) in [5, 5.41) is 12.6. The van der Waals surface area contributed by atoms with Crippen molar-refractivity contribution in [1.29, 1.82) is 0 Å². The SMILES string of the molecule is CC(C)C(Nc1ccc(CO)cc1)c1ccccc1. The van der Waals surface area contributed by atoms with Gasteiger partial charge in [-0.25, -0.2) is 0 Å². The molecule has 0 radical (unpaired) electrons. The second kappa shape index (κ2) is 6.39. The summed E-state index contributed by atoms with van der Waals surface area (Å²) >= 11 is 0. The molecule has 100 valence electrons. The summed E-state index contributed by atoms with van der Waals surface area (Å²) in [6.45, 7) is 4.52. The van der Waals surface area contributed by atoms with E-state index < -0.39 is 0 Å². The van der Waals surface area contributed by atoms with E-state index in [1.165, 1.54) is 5.56 Å². The Labute approximate surface area is 115 Å². The molecule has 0 amide bonds. The summed E-state index contributed by atoms with van der Waals surface area (Å²) in [6, 6.07) is 18.7. The average molecular weight is 255 g/mol. The van der Waals surface area contributed by atoms with Crippen LogP contribution in [0.1, 0.15) is 31.0 Å². The molecule has 0 aliphatic carbocycles. The Kier molecular flexibility index (Phi) is 4.58. The van der Waals surface area contributed by atoms with Crippen LogP contribution in [0.2, 0.25) is 0 Å². The molecule has 2 heteroatoms. The first kappa shape index (κ1) is 13.6. The molecule has 1 atom stereocenters. The summed E-state index contributed by atoms with van der Waals surface area (Å²) in [5.41, 5.74) is 3.31. The fourth-order valence-electron chi connectivity index (χ4n) is 2.18. The van der Waals surface area contributed by atoms with Crippen LogP contribution in [0.15, 0.2) is 54.6 Å². The van der Waals surface area contributed by atoms with Gasteiger partial charge in [-0.1, -0.05) is 56.3 Å². The van der Waals surface area contributed by atoms with Crippen molar-refractivity contribution in [3.05, 3.63) is 65.7 Å². The Hall–Kier alpha value is -1.80. The predicted octanol–water partition coefficient (Wildman–Crippen LogP) is 3.99. The third-order valence-electron chi connectivity index (χ3n) is 3.28. The van der Waals surface area contributed by atoms with Crippen LogP contribution in [0, 0.1) is 5.92 Å². The maximum atomic E-state index is 9.06. The van der Waals surface area contributed by atoms with Crippen LogP contribution in [0.3, 0.4) is 0 Å². The van der Waals surface area contributed by atoms with Crippen LogP contribution >= 0.6 is 0 Å². The van der Waals surface area contributed by atoms with Crippen LogP contribution in [-0.2, 0) is 6.61 Å². The largest absolute Gasteiger partial charge is 0.392 e. The van der Waals surface area contributed by atoms with Crippen LogP contribution < -0.4 is 5.32 Å². The highest BCUT2D eigenvalue weighted by atomic mass is 16.3. The van der Waals surface area contributed by atoms with E-state index in [2.05, 4.69) is 43.4 Å². The van der Waals surface area contributed by atoms with Crippen molar-refractivity contribution in [3.63, 3.8) is 0 Å². The van der Waals surface area contributed by atoms with Crippen LogP contribution in [0.25, 0.3) is 0 Å². The molecule has 2 rings (SSSR count). The lowest BCUT2D eigenvalue weighted by Crippen LogP contribution is -2.16. The Morgan fingerprint density at radius 3 is 2.11 bits per heavy atom. The van der Waals surface area contributed by atoms with Gasteiger partial charge >= 0.3 is 0 Å². The molecule has 2 aromatic rings. The van der Waals surface area contributed by atoms with E-state index >= 15 is 0 Å². The lowest BCUT2D eigenvalue weighted by molar-refractivity contribution is 0.282. The summed E-state index contributed by atoms with van der Waals surface area (Å²) in [5.74, 6) is 0.500. The van der Waals surface area contributed by atoms with Crippen molar-refractivity contribution in [2.24, 2.45) is 5.92 Å². The van der Waals surface area contributed by atoms with E-state index in [-0.39, 0.29) is 6.61 Å². The standard InChI is InChI=1S/C17H21NO/c1-13(2)17(15-6-4-3-5-7-15)18-16-10-8-14(12-19)9-11-16/h3-11,13,17-19H,12H2,1-2H3. The van der Waals surface area contributed by atoms with E-state index in [1.807, 2.05) is 30.3 Å². The number of aliphatic hydroxyl groups is 1. The molecule has 0 heterocycles. The highest BCUT2D eigenvalue weighted by Crippen LogP contribution is 2.26. The Bertz CT molecular complexity index is 490. The Morgan fingerprint density at radius 2 is 1.58 bits per heavy atom. The number of hydrogen-bond acceptors (Lipinski definition) is 2. The lowest BCUT2D eigenvalue weighted by Gasteiger charge is -2.24. The lowest BCUT2D eigenvalue weighted by atomic mass is 9.96. The van der Waals surface area contributed by atoms with Crippen molar-refractivity contribution in [3.8, 4) is 0 Å². The minimum Gasteiger partial charge on any atom is -0.392 e. The third-order valence-corrected chi connectivity index (χ3v) is 3.28. The van der Waals surface area contributed by atoms with Gasteiger partial charge < -0.3 is 10.4 Å². The summed E-state index contributed by atoms with van der Waals surface area (Å²) in [7, 11) is 0.